The molecule has 88 valence electrons. The maximum Gasteiger partial charge on any atom is 0.150 e. The van der Waals surface area contributed by atoms with E-state index in [1.54, 1.807) is 12.3 Å². The second-order valence-corrected chi connectivity index (χ2v) is 4.46. The van der Waals surface area contributed by atoms with Crippen molar-refractivity contribution < 1.29 is 8.78 Å². The van der Waals surface area contributed by atoms with Gasteiger partial charge in [0.25, 0.3) is 0 Å². The molecule has 1 aromatic carbocycles. The number of nitrogens with zero attached hydrogens (tertiary/aromatic N) is 1. The highest BCUT2D eigenvalue weighted by atomic mass is 19.1. The highest BCUT2D eigenvalue weighted by Crippen LogP contribution is 2.43. The molecule has 0 bridgehead atoms. The van der Waals surface area contributed by atoms with Gasteiger partial charge in [-0.1, -0.05) is 6.58 Å². The van der Waals surface area contributed by atoms with Gasteiger partial charge in [-0.05, 0) is 24.5 Å². The lowest BCUT2D eigenvalue weighted by molar-refractivity contribution is 0.583. The minimum absolute atomic E-state index is 0.0265. The molecule has 1 aliphatic heterocycles. The molecular formula is C13H12F2N2. The standard InChI is InChI=1S/C13H12F2N2/c1-7-4-5-17(8-2-3-8)13-10(15)6-9(14)12(16)11(7)13/h4-6,8H,1-3,16H2. The van der Waals surface area contributed by atoms with Gasteiger partial charge in [0, 0.05) is 23.9 Å². The predicted molar refractivity (Wildman–Crippen MR) is 64.4 cm³/mol. The van der Waals surface area contributed by atoms with Gasteiger partial charge in [-0.2, -0.15) is 0 Å². The molecule has 0 aromatic heterocycles. The number of nitrogens with two attached hydrogens (primary N) is 1. The van der Waals surface area contributed by atoms with Crippen molar-refractivity contribution in [1.29, 1.82) is 0 Å². The number of halogens is 2. The van der Waals surface area contributed by atoms with Crippen molar-refractivity contribution in [2.75, 3.05) is 10.6 Å². The largest absolute Gasteiger partial charge is 0.396 e. The van der Waals surface area contributed by atoms with E-state index in [9.17, 15) is 8.78 Å². The summed E-state index contributed by atoms with van der Waals surface area (Å²) in [6.07, 6.45) is 5.58. The lowest BCUT2D eigenvalue weighted by Crippen LogP contribution is -2.24. The van der Waals surface area contributed by atoms with Crippen molar-refractivity contribution in [3.05, 3.63) is 42.1 Å². The molecule has 0 unspecified atom stereocenters. The molecular weight excluding hydrogens is 222 g/mol. The fourth-order valence-electron chi connectivity index (χ4n) is 2.19. The zero-order valence-corrected chi connectivity index (χ0v) is 9.21. The molecule has 2 N–H and O–H groups in total. The van der Waals surface area contributed by atoms with Crippen molar-refractivity contribution in [2.45, 2.75) is 18.9 Å². The predicted octanol–water partition coefficient (Wildman–Crippen LogP) is 3.06. The molecule has 0 radical (unpaired) electrons. The van der Waals surface area contributed by atoms with Crippen LogP contribution in [0.5, 0.6) is 0 Å². The average Bonchev–Trinajstić information content (AvgIpc) is 3.09. The smallest absolute Gasteiger partial charge is 0.150 e. The third-order valence-corrected chi connectivity index (χ3v) is 3.20. The second kappa shape index (κ2) is 3.32. The lowest BCUT2D eigenvalue weighted by Gasteiger charge is -2.28. The summed E-state index contributed by atoms with van der Waals surface area (Å²) in [6.45, 7) is 3.79. The number of nitrogen functional groups attached to an aromatic ring is 1. The van der Waals surface area contributed by atoms with Crippen LogP contribution in [0.3, 0.4) is 0 Å². The van der Waals surface area contributed by atoms with Crippen molar-refractivity contribution >= 4 is 16.9 Å². The van der Waals surface area contributed by atoms with Crippen LogP contribution in [0.15, 0.2) is 24.9 Å². The minimum atomic E-state index is -0.728. The molecule has 4 heteroatoms. The van der Waals surface area contributed by atoms with Gasteiger partial charge in [0.05, 0.1) is 11.4 Å². The average molecular weight is 234 g/mol. The Morgan fingerprint density at radius 1 is 1.29 bits per heavy atom. The summed E-state index contributed by atoms with van der Waals surface area (Å²) in [5.41, 5.74) is 6.95. The van der Waals surface area contributed by atoms with Crippen molar-refractivity contribution in [3.63, 3.8) is 0 Å². The number of fused-ring (bicyclic) bond motifs is 1. The summed E-state index contributed by atoms with van der Waals surface area (Å²) in [4.78, 5) is 1.83. The van der Waals surface area contributed by atoms with Crippen LogP contribution < -0.4 is 10.6 Å². The number of rotatable bonds is 1. The molecule has 0 saturated heterocycles. The molecule has 0 amide bonds. The first-order valence-corrected chi connectivity index (χ1v) is 5.53. The molecule has 2 aliphatic rings. The van der Waals surface area contributed by atoms with E-state index >= 15 is 0 Å². The van der Waals surface area contributed by atoms with Crippen LogP contribution in [-0.4, -0.2) is 6.04 Å². The number of anilines is 2. The van der Waals surface area contributed by atoms with Gasteiger partial charge in [-0.25, -0.2) is 8.78 Å². The number of hydrogen-bond donors (Lipinski definition) is 1. The first-order valence-electron chi connectivity index (χ1n) is 5.53. The maximum absolute atomic E-state index is 13.9. The summed E-state index contributed by atoms with van der Waals surface area (Å²) in [5.74, 6) is -1.31. The van der Waals surface area contributed by atoms with E-state index < -0.39 is 11.6 Å². The van der Waals surface area contributed by atoms with Crippen molar-refractivity contribution in [1.82, 2.24) is 0 Å². The molecule has 17 heavy (non-hydrogen) atoms. The van der Waals surface area contributed by atoms with Crippen LogP contribution in [0.2, 0.25) is 0 Å². The molecule has 1 fully saturated rings. The highest BCUT2D eigenvalue weighted by Gasteiger charge is 2.34. The normalized spacial score (nSPS) is 18.5. The van der Waals surface area contributed by atoms with Gasteiger partial charge in [-0.15, -0.1) is 0 Å². The van der Waals surface area contributed by atoms with Crippen molar-refractivity contribution in [2.24, 2.45) is 0 Å². The van der Waals surface area contributed by atoms with Gasteiger partial charge < -0.3 is 10.6 Å². The van der Waals surface area contributed by atoms with Crippen LogP contribution in [0.1, 0.15) is 18.4 Å². The van der Waals surface area contributed by atoms with Crippen LogP contribution in [0, 0.1) is 11.6 Å². The Balaban J connectivity index is 2.26. The van der Waals surface area contributed by atoms with E-state index in [1.807, 2.05) is 4.90 Å². The van der Waals surface area contributed by atoms with E-state index in [2.05, 4.69) is 6.58 Å². The van der Waals surface area contributed by atoms with Gasteiger partial charge >= 0.3 is 0 Å². The van der Waals surface area contributed by atoms with E-state index in [-0.39, 0.29) is 5.69 Å². The molecule has 1 heterocycles. The summed E-state index contributed by atoms with van der Waals surface area (Å²) in [5, 5.41) is 0. The first kappa shape index (κ1) is 10.3. The molecule has 0 atom stereocenters. The Labute approximate surface area is 98.0 Å². The SMILES string of the molecule is C=C1C=CN(C2CC2)c2c(F)cc(F)c(N)c21. The zero-order valence-electron chi connectivity index (χ0n) is 9.21. The number of allylic oxidation sites excluding steroid dienone is 2. The van der Waals surface area contributed by atoms with Crippen molar-refractivity contribution in [3.8, 4) is 0 Å². The van der Waals surface area contributed by atoms with Crippen LogP contribution in [0.4, 0.5) is 20.2 Å². The Morgan fingerprint density at radius 2 is 2.00 bits per heavy atom. The second-order valence-electron chi connectivity index (χ2n) is 4.46. The Hall–Kier alpha value is -1.84. The molecule has 3 rings (SSSR count). The maximum atomic E-state index is 13.9. The Kier molecular flexibility index (Phi) is 2.02. The summed E-state index contributed by atoms with van der Waals surface area (Å²) in [6, 6.07) is 1.15. The Morgan fingerprint density at radius 3 is 2.65 bits per heavy atom. The quantitative estimate of drug-likeness (QED) is 0.757. The van der Waals surface area contributed by atoms with Gasteiger partial charge in [0.15, 0.2) is 5.82 Å². The molecule has 0 spiro atoms. The number of benzene rings is 1. The fourth-order valence-corrected chi connectivity index (χ4v) is 2.19. The van der Waals surface area contributed by atoms with E-state index in [0.717, 1.165) is 18.9 Å². The van der Waals surface area contributed by atoms with Gasteiger partial charge in [0.2, 0.25) is 0 Å². The topological polar surface area (TPSA) is 29.3 Å². The third kappa shape index (κ3) is 1.44. The number of hydrogen-bond acceptors (Lipinski definition) is 2. The van der Waals surface area contributed by atoms with Gasteiger partial charge in [0.1, 0.15) is 5.82 Å². The zero-order chi connectivity index (χ0) is 12.2. The van der Waals surface area contributed by atoms with Crippen LogP contribution in [-0.2, 0) is 0 Å². The fraction of sp³-hybridized carbons (Fsp3) is 0.231. The Bertz CT molecular complexity index is 545. The summed E-state index contributed by atoms with van der Waals surface area (Å²) in [7, 11) is 0. The summed E-state index contributed by atoms with van der Waals surface area (Å²) >= 11 is 0. The van der Waals surface area contributed by atoms with E-state index in [4.69, 9.17) is 5.73 Å². The van der Waals surface area contributed by atoms with Crippen LogP contribution >= 0.6 is 0 Å². The molecule has 1 aliphatic carbocycles. The highest BCUT2D eigenvalue weighted by molar-refractivity contribution is 5.91. The van der Waals surface area contributed by atoms with E-state index in [1.165, 1.54) is 0 Å². The molecule has 1 saturated carbocycles. The molecule has 2 nitrogen and oxygen atoms in total. The monoisotopic (exact) mass is 234 g/mol. The third-order valence-electron chi connectivity index (χ3n) is 3.20. The lowest BCUT2D eigenvalue weighted by atomic mass is 9.98. The molecule has 1 aromatic rings. The minimum Gasteiger partial charge on any atom is -0.396 e. The van der Waals surface area contributed by atoms with E-state index in [0.29, 0.717) is 22.9 Å². The summed E-state index contributed by atoms with van der Waals surface area (Å²) < 4.78 is 27.3. The van der Waals surface area contributed by atoms with Crippen LogP contribution in [0.25, 0.3) is 5.57 Å². The first-order chi connectivity index (χ1) is 8.09. The van der Waals surface area contributed by atoms with Gasteiger partial charge in [-0.3, -0.25) is 0 Å².